The highest BCUT2D eigenvalue weighted by Gasteiger charge is 2.67. The van der Waals surface area contributed by atoms with Gasteiger partial charge in [-0.15, -0.1) is 0 Å². The molecular formula is C20H23NO4. The highest BCUT2D eigenvalue weighted by Crippen LogP contribution is 2.63. The minimum atomic E-state index is -0.519. The van der Waals surface area contributed by atoms with Gasteiger partial charge >= 0.3 is 0 Å². The third-order valence-electron chi connectivity index (χ3n) is 7.20. The lowest BCUT2D eigenvalue weighted by molar-refractivity contribution is -0.149. The van der Waals surface area contributed by atoms with Crippen LogP contribution in [-0.2, 0) is 21.4 Å². The van der Waals surface area contributed by atoms with Crippen LogP contribution in [0.4, 0.5) is 0 Å². The fraction of sp³-hybridized carbons (Fsp3) is 0.600. The van der Waals surface area contributed by atoms with Crippen LogP contribution < -0.4 is 9.47 Å². The average molecular weight is 341 g/mol. The Morgan fingerprint density at radius 1 is 1.40 bits per heavy atom. The van der Waals surface area contributed by atoms with Crippen LogP contribution in [0.3, 0.4) is 0 Å². The van der Waals surface area contributed by atoms with E-state index in [2.05, 4.69) is 11.9 Å². The van der Waals surface area contributed by atoms with Crippen LogP contribution in [0.25, 0.3) is 0 Å². The maximum atomic E-state index is 13.1. The Hall–Kier alpha value is -1.88. The van der Waals surface area contributed by atoms with Crippen molar-refractivity contribution in [2.75, 3.05) is 20.7 Å². The van der Waals surface area contributed by atoms with E-state index in [0.29, 0.717) is 12.5 Å². The predicted molar refractivity (Wildman–Crippen MR) is 91.1 cm³/mol. The zero-order chi connectivity index (χ0) is 17.5. The molecule has 1 spiro atoms. The second-order valence-corrected chi connectivity index (χ2v) is 8.07. The molecule has 25 heavy (non-hydrogen) atoms. The van der Waals surface area contributed by atoms with Crippen molar-refractivity contribution in [3.8, 4) is 11.5 Å². The monoisotopic (exact) mass is 341 g/mol. The summed E-state index contributed by atoms with van der Waals surface area (Å²) in [6, 6.07) is 4.21. The van der Waals surface area contributed by atoms with Crippen LogP contribution >= 0.6 is 0 Å². The molecule has 1 aromatic rings. The minimum absolute atomic E-state index is 0.0185. The van der Waals surface area contributed by atoms with Crippen molar-refractivity contribution < 1.29 is 19.1 Å². The molecule has 5 rings (SSSR count). The van der Waals surface area contributed by atoms with E-state index in [1.165, 1.54) is 11.1 Å². The number of methoxy groups -OCH3 is 1. The molecule has 1 saturated heterocycles. The molecule has 5 heteroatoms. The Kier molecular flexibility index (Phi) is 2.98. The number of piperidine rings is 1. The van der Waals surface area contributed by atoms with Gasteiger partial charge in [-0.1, -0.05) is 0 Å². The van der Waals surface area contributed by atoms with Gasteiger partial charge in [0.15, 0.2) is 11.9 Å². The van der Waals surface area contributed by atoms with Gasteiger partial charge in [-0.25, -0.2) is 0 Å². The molecule has 2 unspecified atom stereocenters. The van der Waals surface area contributed by atoms with Crippen LogP contribution in [0, 0.1) is 11.8 Å². The molecule has 2 heterocycles. The summed E-state index contributed by atoms with van der Waals surface area (Å²) in [6.07, 6.45) is 1.93. The smallest absolute Gasteiger partial charge is 0.184 e. The van der Waals surface area contributed by atoms with Crippen molar-refractivity contribution in [2.45, 2.75) is 43.7 Å². The van der Waals surface area contributed by atoms with Crippen molar-refractivity contribution in [3.63, 3.8) is 0 Å². The Balaban J connectivity index is 1.77. The summed E-state index contributed by atoms with van der Waals surface area (Å²) in [4.78, 5) is 27.7. The lowest BCUT2D eigenvalue weighted by Crippen LogP contribution is -2.67. The van der Waals surface area contributed by atoms with Gasteiger partial charge in [-0.05, 0) is 57.8 Å². The number of ketones is 2. The fourth-order valence-corrected chi connectivity index (χ4v) is 6.08. The number of likely N-dealkylation sites (N-methyl/N-ethyl adjacent to an activating group) is 1. The van der Waals surface area contributed by atoms with Gasteiger partial charge in [0.25, 0.3) is 0 Å². The molecule has 4 aliphatic rings. The van der Waals surface area contributed by atoms with E-state index in [4.69, 9.17) is 9.47 Å². The quantitative estimate of drug-likeness (QED) is 0.767. The lowest BCUT2D eigenvalue weighted by atomic mass is 9.50. The van der Waals surface area contributed by atoms with Crippen molar-refractivity contribution in [2.24, 2.45) is 11.8 Å². The molecule has 5 nitrogen and oxygen atoms in total. The summed E-state index contributed by atoms with van der Waals surface area (Å²) in [5, 5.41) is 0. The highest BCUT2D eigenvalue weighted by atomic mass is 16.5. The van der Waals surface area contributed by atoms with Gasteiger partial charge in [0.05, 0.1) is 13.0 Å². The number of hydrogen-bond acceptors (Lipinski definition) is 5. The van der Waals surface area contributed by atoms with Gasteiger partial charge < -0.3 is 14.4 Å². The van der Waals surface area contributed by atoms with Crippen LogP contribution in [0.15, 0.2) is 12.1 Å². The van der Waals surface area contributed by atoms with Gasteiger partial charge in [-0.2, -0.15) is 0 Å². The van der Waals surface area contributed by atoms with Crippen LogP contribution in [0.5, 0.6) is 11.5 Å². The molecule has 0 radical (unpaired) electrons. The fourth-order valence-electron chi connectivity index (χ4n) is 6.08. The number of likely N-dealkylation sites (tertiary alicyclic amines) is 1. The Morgan fingerprint density at radius 2 is 2.20 bits per heavy atom. The number of rotatable bonds is 2. The molecule has 0 aromatic heterocycles. The highest BCUT2D eigenvalue weighted by molar-refractivity contribution is 6.05. The molecule has 2 aliphatic heterocycles. The van der Waals surface area contributed by atoms with Gasteiger partial charge in [0, 0.05) is 22.6 Å². The van der Waals surface area contributed by atoms with E-state index in [1.54, 1.807) is 14.0 Å². The predicted octanol–water partition coefficient (Wildman–Crippen LogP) is 1.75. The Bertz CT molecular complexity index is 803. The summed E-state index contributed by atoms with van der Waals surface area (Å²) in [6.45, 7) is 2.49. The minimum Gasteiger partial charge on any atom is -0.496 e. The van der Waals surface area contributed by atoms with Crippen molar-refractivity contribution >= 4 is 11.6 Å². The van der Waals surface area contributed by atoms with Gasteiger partial charge in [0.2, 0.25) is 0 Å². The Labute approximate surface area is 147 Å². The first-order valence-corrected chi connectivity index (χ1v) is 9.10. The van der Waals surface area contributed by atoms with E-state index in [1.807, 2.05) is 12.1 Å². The maximum Gasteiger partial charge on any atom is 0.184 e. The largest absolute Gasteiger partial charge is 0.496 e. The molecule has 5 atom stereocenters. The standard InChI is InChI=1S/C20H23NO4/c1-10(22)11-8-13-14-9-12-15(24-3)4-5-16-17(12)20(13,6-7-21(14)2)19(25-16)18(11)23/h4-5,11,13-14,19H,6-9H2,1-3H3/t11?,13-,14+,19?,20-/m0/s1. The Morgan fingerprint density at radius 3 is 2.92 bits per heavy atom. The molecule has 1 aromatic carbocycles. The van der Waals surface area contributed by atoms with E-state index in [9.17, 15) is 9.59 Å². The van der Waals surface area contributed by atoms with Crippen LogP contribution in [-0.4, -0.2) is 49.3 Å². The normalized spacial score (nSPS) is 38.1. The SMILES string of the molecule is COc1ccc2c3c1C[C@@H]1[C@@H]4CC(C(C)=O)C(=O)C(O2)[C@]34CCN1C. The third-order valence-corrected chi connectivity index (χ3v) is 7.20. The van der Waals surface area contributed by atoms with E-state index >= 15 is 0 Å². The molecule has 1 saturated carbocycles. The second-order valence-electron chi connectivity index (χ2n) is 8.07. The summed E-state index contributed by atoms with van der Waals surface area (Å²) >= 11 is 0. The first-order valence-electron chi connectivity index (χ1n) is 9.10. The van der Waals surface area contributed by atoms with E-state index in [0.717, 1.165) is 30.9 Å². The molecule has 0 amide bonds. The summed E-state index contributed by atoms with van der Waals surface area (Å²) in [5.74, 6) is 1.44. The van der Waals surface area contributed by atoms with E-state index in [-0.39, 0.29) is 22.9 Å². The zero-order valence-corrected chi connectivity index (χ0v) is 14.9. The first-order chi connectivity index (χ1) is 12.0. The van der Waals surface area contributed by atoms with Crippen LogP contribution in [0.2, 0.25) is 0 Å². The molecule has 2 fully saturated rings. The molecule has 132 valence electrons. The summed E-state index contributed by atoms with van der Waals surface area (Å²) < 4.78 is 11.9. The maximum absolute atomic E-state index is 13.1. The first kappa shape index (κ1) is 15.4. The van der Waals surface area contributed by atoms with Gasteiger partial charge in [0.1, 0.15) is 17.3 Å². The number of Topliss-reactive ketones (excluding diaryl/α,β-unsaturated/α-hetero) is 2. The van der Waals surface area contributed by atoms with Crippen LogP contribution in [0.1, 0.15) is 30.9 Å². The summed E-state index contributed by atoms with van der Waals surface area (Å²) in [7, 11) is 3.86. The second kappa shape index (κ2) is 4.85. The molecule has 2 aliphatic carbocycles. The summed E-state index contributed by atoms with van der Waals surface area (Å²) in [5.41, 5.74) is 2.11. The number of carbonyl (C=O) groups is 2. The number of ether oxygens (including phenoxy) is 2. The van der Waals surface area contributed by atoms with Crippen molar-refractivity contribution in [3.05, 3.63) is 23.3 Å². The molecule has 0 N–H and O–H groups in total. The van der Waals surface area contributed by atoms with Gasteiger partial charge in [-0.3, -0.25) is 9.59 Å². The van der Waals surface area contributed by atoms with Crippen molar-refractivity contribution in [1.82, 2.24) is 4.90 Å². The number of carbonyl (C=O) groups excluding carboxylic acids is 2. The zero-order valence-electron chi connectivity index (χ0n) is 14.9. The lowest BCUT2D eigenvalue weighted by Gasteiger charge is -2.58. The van der Waals surface area contributed by atoms with Crippen molar-refractivity contribution in [1.29, 1.82) is 0 Å². The topological polar surface area (TPSA) is 55.8 Å². The molecular weight excluding hydrogens is 318 g/mol. The number of nitrogens with zero attached hydrogens (tertiary/aromatic N) is 1. The average Bonchev–Trinajstić information content (AvgIpc) is 2.93. The third kappa shape index (κ3) is 1.67. The number of hydrogen-bond donors (Lipinski definition) is 0. The number of benzene rings is 1. The molecule has 2 bridgehead atoms. The van der Waals surface area contributed by atoms with E-state index < -0.39 is 12.0 Å².